The second-order valence-corrected chi connectivity index (χ2v) is 6.24. The van der Waals surface area contributed by atoms with Crippen LogP contribution >= 0.6 is 0 Å². The minimum Gasteiger partial charge on any atom is -0.481 e. The highest BCUT2D eigenvalue weighted by molar-refractivity contribution is 5.73. The van der Waals surface area contributed by atoms with Gasteiger partial charge in [-0.05, 0) is 39.7 Å². The van der Waals surface area contributed by atoms with Crippen LogP contribution in [0.3, 0.4) is 0 Å². The Kier molecular flexibility index (Phi) is 6.40. The number of carbonyl (C=O) groups excluding carboxylic acids is 1. The molecule has 0 aliphatic heterocycles. The van der Waals surface area contributed by atoms with Crippen LogP contribution in [0, 0.1) is 5.92 Å². The number of amides is 1. The van der Waals surface area contributed by atoms with E-state index >= 15 is 0 Å². The summed E-state index contributed by atoms with van der Waals surface area (Å²) in [6.45, 7) is 7.72. The van der Waals surface area contributed by atoms with Gasteiger partial charge < -0.3 is 14.7 Å². The van der Waals surface area contributed by atoms with Crippen LogP contribution in [0.5, 0.6) is 0 Å². The van der Waals surface area contributed by atoms with Gasteiger partial charge in [-0.3, -0.25) is 4.79 Å². The van der Waals surface area contributed by atoms with Crippen LogP contribution in [0.4, 0.5) is 4.79 Å². The second kappa shape index (κ2) is 7.82. The number of hydrogen-bond donors (Lipinski definition) is 1. The van der Waals surface area contributed by atoms with Gasteiger partial charge in [0.25, 0.3) is 0 Å². The van der Waals surface area contributed by atoms with Gasteiger partial charge in [0.1, 0.15) is 5.60 Å². The van der Waals surface area contributed by atoms with E-state index in [2.05, 4.69) is 0 Å². The van der Waals surface area contributed by atoms with Crippen molar-refractivity contribution in [2.24, 2.45) is 5.92 Å². The molecule has 122 valence electrons. The average Bonchev–Trinajstić information content (AvgIpc) is 2.42. The summed E-state index contributed by atoms with van der Waals surface area (Å²) < 4.78 is 5.32. The highest BCUT2D eigenvalue weighted by Crippen LogP contribution is 2.14. The molecule has 1 aromatic rings. The summed E-state index contributed by atoms with van der Waals surface area (Å²) in [4.78, 5) is 25.0. The number of aliphatic carboxylic acids is 1. The van der Waals surface area contributed by atoms with E-state index in [0.717, 1.165) is 5.56 Å². The van der Waals surface area contributed by atoms with Crippen molar-refractivity contribution >= 4 is 12.1 Å². The van der Waals surface area contributed by atoms with Crippen molar-refractivity contribution in [2.75, 3.05) is 13.1 Å². The number of carboxylic acid groups (broad SMARTS) is 1. The molecule has 0 aliphatic rings. The molecule has 0 fully saturated rings. The monoisotopic (exact) mass is 307 g/mol. The van der Waals surface area contributed by atoms with Crippen LogP contribution in [0.1, 0.15) is 33.3 Å². The number of rotatable bonds is 6. The first kappa shape index (κ1) is 18.0. The van der Waals surface area contributed by atoms with Crippen molar-refractivity contribution in [2.45, 2.75) is 39.7 Å². The third kappa shape index (κ3) is 6.16. The minimum absolute atomic E-state index is 0.135. The Hall–Kier alpha value is -2.04. The highest BCUT2D eigenvalue weighted by atomic mass is 16.6. The molecule has 0 heterocycles. The predicted octanol–water partition coefficient (Wildman–Crippen LogP) is 3.19. The molecular weight excluding hydrogens is 282 g/mol. The summed E-state index contributed by atoms with van der Waals surface area (Å²) in [5.74, 6) is -1.57. The summed E-state index contributed by atoms with van der Waals surface area (Å²) in [7, 11) is 0. The highest BCUT2D eigenvalue weighted by Gasteiger charge is 2.26. The third-order valence-electron chi connectivity index (χ3n) is 3.15. The lowest BCUT2D eigenvalue weighted by molar-refractivity contribution is -0.142. The summed E-state index contributed by atoms with van der Waals surface area (Å²) in [5.41, 5.74) is 0.345. The maximum atomic E-state index is 12.1. The maximum absolute atomic E-state index is 12.1. The molecule has 0 radical (unpaired) electrons. The van der Waals surface area contributed by atoms with Crippen molar-refractivity contribution in [3.8, 4) is 0 Å². The van der Waals surface area contributed by atoms with Gasteiger partial charge in [-0.15, -0.1) is 0 Å². The molecule has 1 rings (SSSR count). The largest absolute Gasteiger partial charge is 0.481 e. The van der Waals surface area contributed by atoms with E-state index in [-0.39, 0.29) is 6.54 Å². The smallest absolute Gasteiger partial charge is 0.410 e. The Morgan fingerprint density at radius 2 is 1.82 bits per heavy atom. The number of hydrogen-bond acceptors (Lipinski definition) is 3. The first-order chi connectivity index (χ1) is 10.2. The number of carbonyl (C=O) groups is 2. The topological polar surface area (TPSA) is 66.8 Å². The summed E-state index contributed by atoms with van der Waals surface area (Å²) in [5, 5.41) is 9.41. The molecule has 0 saturated carbocycles. The minimum atomic E-state index is -0.911. The summed E-state index contributed by atoms with van der Waals surface area (Å²) in [6.07, 6.45) is -0.0931. The van der Waals surface area contributed by atoms with E-state index in [1.807, 2.05) is 37.3 Å². The van der Waals surface area contributed by atoms with Crippen molar-refractivity contribution in [1.82, 2.24) is 4.90 Å². The quantitative estimate of drug-likeness (QED) is 0.876. The Bertz CT molecular complexity index is 493. The molecule has 0 saturated heterocycles. The van der Waals surface area contributed by atoms with Crippen molar-refractivity contribution in [3.05, 3.63) is 35.9 Å². The fourth-order valence-electron chi connectivity index (χ4n) is 2.05. The lowest BCUT2D eigenvalue weighted by atomic mass is 9.99. The molecule has 5 heteroatoms. The van der Waals surface area contributed by atoms with Gasteiger partial charge in [0.15, 0.2) is 0 Å². The fourth-order valence-corrected chi connectivity index (χ4v) is 2.05. The zero-order valence-corrected chi connectivity index (χ0v) is 13.7. The Morgan fingerprint density at radius 1 is 1.23 bits per heavy atom. The van der Waals surface area contributed by atoms with Crippen LogP contribution in [0.15, 0.2) is 30.3 Å². The molecule has 1 amide bonds. The lowest BCUT2D eigenvalue weighted by Gasteiger charge is -2.28. The zero-order chi connectivity index (χ0) is 16.8. The van der Waals surface area contributed by atoms with E-state index in [0.29, 0.717) is 13.0 Å². The predicted molar refractivity (Wildman–Crippen MR) is 84.8 cm³/mol. The van der Waals surface area contributed by atoms with E-state index in [4.69, 9.17) is 4.74 Å². The average molecular weight is 307 g/mol. The van der Waals surface area contributed by atoms with Gasteiger partial charge in [-0.1, -0.05) is 30.3 Å². The van der Waals surface area contributed by atoms with Crippen molar-refractivity contribution in [3.63, 3.8) is 0 Å². The molecule has 1 aromatic carbocycles. The van der Waals surface area contributed by atoms with E-state index in [9.17, 15) is 14.7 Å². The van der Waals surface area contributed by atoms with Gasteiger partial charge in [0.05, 0.1) is 5.92 Å². The van der Waals surface area contributed by atoms with Gasteiger partial charge >= 0.3 is 12.1 Å². The SMILES string of the molecule is CCN(CC(Cc1ccccc1)C(=O)O)C(=O)OC(C)(C)C. The Labute approximate surface area is 131 Å². The van der Waals surface area contributed by atoms with Gasteiger partial charge in [-0.2, -0.15) is 0 Å². The third-order valence-corrected chi connectivity index (χ3v) is 3.15. The van der Waals surface area contributed by atoms with Gasteiger partial charge in [0, 0.05) is 13.1 Å². The molecule has 1 unspecified atom stereocenters. The van der Waals surface area contributed by atoms with E-state index in [1.54, 1.807) is 20.8 Å². The van der Waals surface area contributed by atoms with Crippen molar-refractivity contribution in [1.29, 1.82) is 0 Å². The van der Waals surface area contributed by atoms with E-state index < -0.39 is 23.6 Å². The molecular formula is C17H25NO4. The van der Waals surface area contributed by atoms with Crippen LogP contribution in [0.2, 0.25) is 0 Å². The Balaban J connectivity index is 2.75. The molecule has 5 nitrogen and oxygen atoms in total. The molecule has 1 N–H and O–H groups in total. The summed E-state index contributed by atoms with van der Waals surface area (Å²) in [6, 6.07) is 9.41. The van der Waals surface area contributed by atoms with Crippen LogP contribution in [-0.4, -0.2) is 40.8 Å². The first-order valence-electron chi connectivity index (χ1n) is 7.47. The Morgan fingerprint density at radius 3 is 2.27 bits per heavy atom. The van der Waals surface area contributed by atoms with Crippen LogP contribution in [-0.2, 0) is 16.0 Å². The number of carboxylic acids is 1. The first-order valence-corrected chi connectivity index (χ1v) is 7.47. The van der Waals surface area contributed by atoms with E-state index in [1.165, 1.54) is 4.90 Å². The molecule has 0 aliphatic carbocycles. The second-order valence-electron chi connectivity index (χ2n) is 6.24. The molecule has 0 aromatic heterocycles. The number of nitrogens with zero attached hydrogens (tertiary/aromatic N) is 1. The van der Waals surface area contributed by atoms with Gasteiger partial charge in [0.2, 0.25) is 0 Å². The van der Waals surface area contributed by atoms with Crippen LogP contribution in [0.25, 0.3) is 0 Å². The van der Waals surface area contributed by atoms with Crippen LogP contribution < -0.4 is 0 Å². The standard InChI is InChI=1S/C17H25NO4/c1-5-18(16(21)22-17(2,3)4)12-14(15(19)20)11-13-9-7-6-8-10-13/h6-10,14H,5,11-12H2,1-4H3,(H,19,20). The number of ether oxygens (including phenoxy) is 1. The lowest BCUT2D eigenvalue weighted by Crippen LogP contribution is -2.41. The number of benzene rings is 1. The molecule has 1 atom stereocenters. The normalized spacial score (nSPS) is 12.5. The fraction of sp³-hybridized carbons (Fsp3) is 0.529. The molecule has 22 heavy (non-hydrogen) atoms. The molecule has 0 spiro atoms. The van der Waals surface area contributed by atoms with Gasteiger partial charge in [-0.25, -0.2) is 4.79 Å². The summed E-state index contributed by atoms with van der Waals surface area (Å²) >= 11 is 0. The van der Waals surface area contributed by atoms with Crippen molar-refractivity contribution < 1.29 is 19.4 Å². The molecule has 0 bridgehead atoms. The maximum Gasteiger partial charge on any atom is 0.410 e. The zero-order valence-electron chi connectivity index (χ0n) is 13.7.